The van der Waals surface area contributed by atoms with Crippen LogP contribution in [0.2, 0.25) is 6.04 Å². The van der Waals surface area contributed by atoms with Gasteiger partial charge in [0.1, 0.15) is 16.6 Å². The fraction of sp³-hybridized carbons (Fsp3) is 0.960. The molecule has 0 heterocycles. The van der Waals surface area contributed by atoms with Gasteiger partial charge in [0.05, 0.1) is 86.6 Å². The van der Waals surface area contributed by atoms with Gasteiger partial charge in [-0.15, -0.1) is 0 Å². The van der Waals surface area contributed by atoms with Crippen molar-refractivity contribution in [2.75, 3.05) is 86.6 Å². The van der Waals surface area contributed by atoms with Crippen LogP contribution in [-0.4, -0.2) is 165 Å². The number of hydrogen-bond acceptors (Lipinski definition) is 12. The summed E-state index contributed by atoms with van der Waals surface area (Å²) in [5.74, 6) is -1.07. The van der Waals surface area contributed by atoms with Crippen molar-refractivity contribution in [3.63, 3.8) is 0 Å². The van der Waals surface area contributed by atoms with E-state index in [1.165, 1.54) is 212 Å². The van der Waals surface area contributed by atoms with Crippen LogP contribution < -0.4 is 16.0 Å². The van der Waals surface area contributed by atoms with Crippen LogP contribution in [0.25, 0.3) is 0 Å². The average Bonchev–Trinajstić information content (AvgIpc) is 0.954. The van der Waals surface area contributed by atoms with Gasteiger partial charge in [-0.2, -0.15) is 0 Å². The Morgan fingerprint density at radius 3 is 0.685 bits per heavy atom. The van der Waals surface area contributed by atoms with Gasteiger partial charge in [0.15, 0.2) is 0 Å². The second-order valence-electron chi connectivity index (χ2n) is 28.9. The third-order valence-electron chi connectivity index (χ3n) is 19.1. The van der Waals surface area contributed by atoms with Gasteiger partial charge in [-0.1, -0.05) is 297 Å². The summed E-state index contributed by atoms with van der Waals surface area (Å²) >= 11 is 0. The minimum Gasteiger partial charge on any atom is -0.394 e. The lowest BCUT2D eigenvalue weighted by molar-refractivity contribution is -0.890. The van der Waals surface area contributed by atoms with Crippen molar-refractivity contribution in [1.29, 1.82) is 0 Å². The first-order valence-electron chi connectivity index (χ1n) is 38.9. The molecule has 0 unspecified atom stereocenters. The number of aliphatic hydroxyl groups excluding tert-OH is 6. The van der Waals surface area contributed by atoms with E-state index in [1.54, 1.807) is 0 Å². The number of hydrogen-bond donors (Lipinski definition) is 9. The number of nitrogens with one attached hydrogen (secondary N) is 3. The van der Waals surface area contributed by atoms with Gasteiger partial charge in [0.2, 0.25) is 17.7 Å². The monoisotopic (exact) mass is 1330 g/mol. The Bertz CT molecular complexity index is 1510. The van der Waals surface area contributed by atoms with Gasteiger partial charge in [-0.3, -0.25) is 14.4 Å². The highest BCUT2D eigenvalue weighted by Crippen LogP contribution is 2.27. The van der Waals surface area contributed by atoms with E-state index in [0.717, 1.165) is 77.2 Å². The van der Waals surface area contributed by atoms with Gasteiger partial charge >= 0.3 is 8.80 Å². The summed E-state index contributed by atoms with van der Waals surface area (Å²) in [6, 6.07) is 0.117. The van der Waals surface area contributed by atoms with Crippen LogP contribution in [-0.2, 0) is 27.7 Å². The number of nitrogens with zero attached hydrogens (tertiary/aromatic N) is 1. The molecule has 9 N–H and O–H groups in total. The first kappa shape index (κ1) is 90.2. The average molecular weight is 1330 g/mol. The first-order valence-corrected chi connectivity index (χ1v) is 40.9. The van der Waals surface area contributed by atoms with Gasteiger partial charge in [0.25, 0.3) is 0 Å². The van der Waals surface area contributed by atoms with E-state index < -0.39 is 84.9 Å². The SMILES string of the molecule is CCCCCCCCCCCCCCCC[N+](C)(C)CCC[Si](OCC(CO)(CO)NC(=O)CCCCCCCCCCCCC)(OCC(CO)(CO)NC(=O)CCCCCCCCCCCCC)OCC(CO)(CO)NC(=O)CCCCCCCCCCCCC. The zero-order valence-electron chi connectivity index (χ0n) is 61.1. The second-order valence-corrected chi connectivity index (χ2v) is 31.7. The number of carbonyl (C=O) groups is 3. The molecule has 0 fully saturated rings. The first-order chi connectivity index (χ1) is 44.6. The predicted octanol–water partition coefficient (Wildman–Crippen LogP) is 15.5. The van der Waals surface area contributed by atoms with Crippen LogP contribution in [0.1, 0.15) is 355 Å². The topological polar surface area (TPSA) is 236 Å². The lowest BCUT2D eigenvalue weighted by Crippen LogP contribution is -2.64. The van der Waals surface area contributed by atoms with E-state index in [9.17, 15) is 45.0 Å². The molecule has 0 rings (SSSR count). The number of aliphatic hydroxyl groups is 6. The number of quaternary nitrogens is 1. The molecular formula is C75H153N4O12Si+. The molecular weight excluding hydrogens is 1180 g/mol. The molecule has 3 amide bonds. The summed E-state index contributed by atoms with van der Waals surface area (Å²) in [5.41, 5.74) is -5.07. The number of carbonyl (C=O) groups excluding carboxylic acids is 3. The van der Waals surface area contributed by atoms with E-state index in [4.69, 9.17) is 13.3 Å². The van der Waals surface area contributed by atoms with E-state index in [-0.39, 0.29) is 43.0 Å². The molecule has 0 aromatic heterocycles. The lowest BCUT2D eigenvalue weighted by Gasteiger charge is -2.41. The number of amides is 3. The van der Waals surface area contributed by atoms with Crippen LogP contribution in [0.3, 0.4) is 0 Å². The molecule has 548 valence electrons. The summed E-state index contributed by atoms with van der Waals surface area (Å²) in [4.78, 5) is 41.1. The fourth-order valence-corrected chi connectivity index (χ4v) is 15.1. The molecule has 0 aliphatic rings. The van der Waals surface area contributed by atoms with Crippen LogP contribution in [0, 0.1) is 0 Å². The Balaban J connectivity index is 6.72. The standard InChI is InChI=1S/C75H152N4O12Si/c1-7-11-15-19-23-27-31-32-33-37-41-45-49-53-58-79(5,6)59-54-60-92(89-67-73(61-80,62-81)76-70(86)55-50-46-42-38-34-28-24-20-16-12-8-2,90-68-74(63-82,64-83)77-71(87)56-51-47-43-39-35-29-25-21-17-13-9-3)91-69-75(65-84,66-85)78-72(88)57-52-48-44-40-36-30-26-22-18-14-10-4/h80-85H,7-69H2,1-6H3,(H2-,76,77,78,86,87,88)/p+1. The largest absolute Gasteiger partial charge is 0.501 e. The van der Waals surface area contributed by atoms with Crippen molar-refractivity contribution < 1.29 is 62.8 Å². The van der Waals surface area contributed by atoms with Gasteiger partial charge in [-0.05, 0) is 32.1 Å². The predicted molar refractivity (Wildman–Crippen MR) is 384 cm³/mol. The Labute approximate surface area is 567 Å². The van der Waals surface area contributed by atoms with Crippen molar-refractivity contribution in [2.24, 2.45) is 0 Å². The maximum absolute atomic E-state index is 13.7. The van der Waals surface area contributed by atoms with Crippen LogP contribution in [0.5, 0.6) is 0 Å². The smallest absolute Gasteiger partial charge is 0.394 e. The van der Waals surface area contributed by atoms with Crippen molar-refractivity contribution in [3.05, 3.63) is 0 Å². The molecule has 0 spiro atoms. The van der Waals surface area contributed by atoms with E-state index >= 15 is 0 Å². The minimum absolute atomic E-state index is 0.117. The molecule has 0 aromatic rings. The molecule has 0 aliphatic heterocycles. The van der Waals surface area contributed by atoms with Crippen molar-refractivity contribution in [2.45, 2.75) is 378 Å². The Morgan fingerprint density at radius 1 is 0.293 bits per heavy atom. The maximum Gasteiger partial charge on any atom is 0.501 e. The Hall–Kier alpha value is -1.77. The van der Waals surface area contributed by atoms with Crippen molar-refractivity contribution in [1.82, 2.24) is 16.0 Å². The van der Waals surface area contributed by atoms with Crippen LogP contribution >= 0.6 is 0 Å². The molecule has 92 heavy (non-hydrogen) atoms. The fourth-order valence-electron chi connectivity index (χ4n) is 12.3. The van der Waals surface area contributed by atoms with Gasteiger partial charge in [-0.25, -0.2) is 0 Å². The van der Waals surface area contributed by atoms with Gasteiger partial charge < -0.3 is 64.4 Å². The van der Waals surface area contributed by atoms with E-state index in [1.807, 2.05) is 0 Å². The van der Waals surface area contributed by atoms with E-state index in [2.05, 4.69) is 57.7 Å². The van der Waals surface area contributed by atoms with Crippen molar-refractivity contribution in [3.8, 4) is 0 Å². The number of rotatable bonds is 73. The molecule has 16 nitrogen and oxygen atoms in total. The third-order valence-corrected chi connectivity index (χ3v) is 21.8. The Kier molecular flexibility index (Phi) is 60.4. The highest BCUT2D eigenvalue weighted by molar-refractivity contribution is 6.60. The summed E-state index contributed by atoms with van der Waals surface area (Å²) in [6.45, 7) is 4.95. The van der Waals surface area contributed by atoms with Crippen LogP contribution in [0.15, 0.2) is 0 Å². The molecule has 0 atom stereocenters. The summed E-state index contributed by atoms with van der Waals surface area (Å²) in [5, 5.41) is 75.0. The summed E-state index contributed by atoms with van der Waals surface area (Å²) in [7, 11) is 0.0165. The highest BCUT2D eigenvalue weighted by Gasteiger charge is 2.49. The second kappa shape index (κ2) is 61.6. The summed E-state index contributed by atoms with van der Waals surface area (Å²) in [6.07, 6.45) is 56.1. The lowest BCUT2D eigenvalue weighted by atomic mass is 10.0. The molecule has 0 saturated heterocycles. The van der Waals surface area contributed by atoms with Crippen LogP contribution in [0.4, 0.5) is 0 Å². The minimum atomic E-state index is -4.35. The highest BCUT2D eigenvalue weighted by atomic mass is 28.4. The maximum atomic E-state index is 13.7. The summed E-state index contributed by atoms with van der Waals surface area (Å²) < 4.78 is 21.2. The Morgan fingerprint density at radius 2 is 0.478 bits per heavy atom. The molecule has 0 bridgehead atoms. The zero-order chi connectivity index (χ0) is 68.0. The molecule has 17 heteroatoms. The number of unbranched alkanes of at least 4 members (excludes halogenated alkanes) is 43. The normalized spacial score (nSPS) is 12.5. The molecule has 0 aromatic carbocycles. The molecule has 0 radical (unpaired) electrons. The zero-order valence-corrected chi connectivity index (χ0v) is 62.1. The molecule has 0 saturated carbocycles. The molecule has 0 aliphatic carbocycles. The van der Waals surface area contributed by atoms with E-state index in [0.29, 0.717) is 36.7 Å². The quantitative estimate of drug-likeness (QED) is 0.0157. The third kappa shape index (κ3) is 49.7. The van der Waals surface area contributed by atoms with Crippen molar-refractivity contribution >= 4 is 26.5 Å². The van der Waals surface area contributed by atoms with Gasteiger partial charge in [0, 0.05) is 31.7 Å².